The van der Waals surface area contributed by atoms with Gasteiger partial charge in [-0.05, 0) is 32.1 Å². The molecule has 2 atom stereocenters. The monoisotopic (exact) mass is 150 g/mol. The van der Waals surface area contributed by atoms with E-state index >= 15 is 0 Å². The summed E-state index contributed by atoms with van der Waals surface area (Å²) in [7, 11) is 0. The molecule has 0 N–H and O–H groups in total. The van der Waals surface area contributed by atoms with E-state index in [1.165, 1.54) is 25.7 Å². The van der Waals surface area contributed by atoms with Gasteiger partial charge in [0, 0.05) is 18.6 Å². The van der Waals surface area contributed by atoms with Gasteiger partial charge in [-0.3, -0.25) is 4.90 Å². The molecule has 2 heterocycles. The molecule has 2 aliphatic heterocycles. The Kier molecular flexibility index (Phi) is 1.99. The molecule has 0 aromatic heterocycles. The average Bonchev–Trinajstić information content (AvgIpc) is 2.30. The van der Waals surface area contributed by atoms with Crippen LogP contribution in [0.1, 0.15) is 25.7 Å². The lowest BCUT2D eigenvalue weighted by atomic mass is 10.0. The maximum atomic E-state index is 3.80. The normalized spacial score (nSPS) is 37.5. The van der Waals surface area contributed by atoms with Gasteiger partial charge in [-0.1, -0.05) is 6.08 Å². The molecule has 2 unspecified atom stereocenters. The zero-order chi connectivity index (χ0) is 7.68. The molecule has 0 saturated carbocycles. The minimum absolute atomic E-state index is 0.853. The molecule has 1 radical (unpaired) electrons. The van der Waals surface area contributed by atoms with E-state index in [0.29, 0.717) is 0 Å². The maximum absolute atomic E-state index is 3.80. The first-order chi connectivity index (χ1) is 5.42. The zero-order valence-corrected chi connectivity index (χ0v) is 7.00. The van der Waals surface area contributed by atoms with E-state index in [2.05, 4.69) is 17.9 Å². The summed E-state index contributed by atoms with van der Waals surface area (Å²) >= 11 is 0. The van der Waals surface area contributed by atoms with E-state index in [1.54, 1.807) is 0 Å². The van der Waals surface area contributed by atoms with Crippen molar-refractivity contribution in [3.63, 3.8) is 0 Å². The first-order valence-corrected chi connectivity index (χ1v) is 4.60. The Morgan fingerprint density at radius 2 is 2.00 bits per heavy atom. The fourth-order valence-electron chi connectivity index (χ4n) is 2.45. The number of hydrogen-bond acceptors (Lipinski definition) is 1. The second-order valence-corrected chi connectivity index (χ2v) is 3.63. The molecule has 0 aliphatic carbocycles. The van der Waals surface area contributed by atoms with E-state index < -0.39 is 0 Å². The molecule has 2 saturated heterocycles. The summed E-state index contributed by atoms with van der Waals surface area (Å²) in [5.41, 5.74) is 0. The van der Waals surface area contributed by atoms with Crippen molar-refractivity contribution in [2.45, 2.75) is 37.8 Å². The molecule has 0 spiro atoms. The highest BCUT2D eigenvalue weighted by atomic mass is 15.2. The number of nitrogens with zero attached hydrogens (tertiary/aromatic N) is 1. The highest BCUT2D eigenvalue weighted by molar-refractivity contribution is 4.99. The Hall–Kier alpha value is -0.300. The van der Waals surface area contributed by atoms with Crippen molar-refractivity contribution in [2.75, 3.05) is 6.54 Å². The van der Waals surface area contributed by atoms with Gasteiger partial charge in [-0.25, -0.2) is 0 Å². The standard InChI is InChI=1S/C10H16N/c1-2-8-11-9-4-3-5-10(11)7-6-9/h2-3,9-10H,1,4-8H2. The summed E-state index contributed by atoms with van der Waals surface area (Å²) in [4.78, 5) is 2.62. The van der Waals surface area contributed by atoms with Crippen molar-refractivity contribution in [1.29, 1.82) is 0 Å². The van der Waals surface area contributed by atoms with E-state index in [9.17, 15) is 0 Å². The van der Waals surface area contributed by atoms with Crippen LogP contribution in [-0.4, -0.2) is 23.5 Å². The van der Waals surface area contributed by atoms with Crippen LogP contribution in [0.2, 0.25) is 0 Å². The van der Waals surface area contributed by atoms with Gasteiger partial charge in [-0.15, -0.1) is 6.58 Å². The van der Waals surface area contributed by atoms with Gasteiger partial charge >= 0.3 is 0 Å². The Morgan fingerprint density at radius 1 is 1.36 bits per heavy atom. The van der Waals surface area contributed by atoms with Gasteiger partial charge in [0.1, 0.15) is 0 Å². The molecular weight excluding hydrogens is 134 g/mol. The first kappa shape index (κ1) is 7.35. The third-order valence-corrected chi connectivity index (χ3v) is 2.99. The summed E-state index contributed by atoms with van der Waals surface area (Å²) in [6, 6.07) is 1.71. The molecule has 1 nitrogen and oxygen atoms in total. The lowest BCUT2D eigenvalue weighted by Gasteiger charge is -2.33. The van der Waals surface area contributed by atoms with E-state index in [-0.39, 0.29) is 0 Å². The molecule has 2 aliphatic rings. The predicted molar refractivity (Wildman–Crippen MR) is 47.2 cm³/mol. The van der Waals surface area contributed by atoms with Crippen LogP contribution in [0.3, 0.4) is 0 Å². The smallest absolute Gasteiger partial charge is 0.0166 e. The Labute approximate surface area is 69.1 Å². The van der Waals surface area contributed by atoms with Crippen molar-refractivity contribution in [1.82, 2.24) is 4.90 Å². The van der Waals surface area contributed by atoms with Gasteiger partial charge < -0.3 is 0 Å². The van der Waals surface area contributed by atoms with Crippen LogP contribution >= 0.6 is 0 Å². The fourth-order valence-corrected chi connectivity index (χ4v) is 2.45. The van der Waals surface area contributed by atoms with Gasteiger partial charge in [0.2, 0.25) is 0 Å². The summed E-state index contributed by atoms with van der Waals surface area (Å²) in [6.45, 7) is 4.90. The van der Waals surface area contributed by atoms with Crippen LogP contribution in [0.25, 0.3) is 0 Å². The third-order valence-electron chi connectivity index (χ3n) is 2.99. The molecule has 2 bridgehead atoms. The molecule has 61 valence electrons. The molecule has 2 fully saturated rings. The number of hydrogen-bond donors (Lipinski definition) is 0. The molecule has 0 aromatic rings. The van der Waals surface area contributed by atoms with Crippen molar-refractivity contribution in [3.8, 4) is 0 Å². The van der Waals surface area contributed by atoms with Gasteiger partial charge in [0.05, 0.1) is 0 Å². The maximum Gasteiger partial charge on any atom is 0.0166 e. The summed E-state index contributed by atoms with van der Waals surface area (Å²) in [5, 5.41) is 0. The van der Waals surface area contributed by atoms with Crippen LogP contribution < -0.4 is 0 Å². The highest BCUT2D eigenvalue weighted by Crippen LogP contribution is 2.34. The van der Waals surface area contributed by atoms with Crippen LogP contribution in [0.15, 0.2) is 12.7 Å². The fraction of sp³-hybridized carbons (Fsp3) is 0.700. The second kappa shape index (κ2) is 2.98. The van der Waals surface area contributed by atoms with Gasteiger partial charge in [0.25, 0.3) is 0 Å². The largest absolute Gasteiger partial charge is 0.294 e. The van der Waals surface area contributed by atoms with Crippen molar-refractivity contribution < 1.29 is 0 Å². The van der Waals surface area contributed by atoms with Crippen LogP contribution in [-0.2, 0) is 0 Å². The third kappa shape index (κ3) is 1.22. The second-order valence-electron chi connectivity index (χ2n) is 3.63. The number of rotatable bonds is 2. The van der Waals surface area contributed by atoms with E-state index in [4.69, 9.17) is 0 Å². The number of fused-ring (bicyclic) bond motifs is 2. The molecule has 0 amide bonds. The SMILES string of the molecule is C=CCN1C2C[CH]CC1CC2. The lowest BCUT2D eigenvalue weighted by molar-refractivity contribution is 0.183. The van der Waals surface area contributed by atoms with Crippen molar-refractivity contribution in [3.05, 3.63) is 19.1 Å². The molecule has 0 aromatic carbocycles. The van der Waals surface area contributed by atoms with Crippen LogP contribution in [0.5, 0.6) is 0 Å². The van der Waals surface area contributed by atoms with E-state index in [0.717, 1.165) is 18.6 Å². The van der Waals surface area contributed by atoms with Crippen molar-refractivity contribution in [2.24, 2.45) is 0 Å². The average molecular weight is 150 g/mol. The van der Waals surface area contributed by atoms with Crippen LogP contribution in [0.4, 0.5) is 0 Å². The summed E-state index contributed by atoms with van der Waals surface area (Å²) in [5.74, 6) is 0. The summed E-state index contributed by atoms with van der Waals surface area (Å²) < 4.78 is 0. The molecule has 11 heavy (non-hydrogen) atoms. The highest BCUT2D eigenvalue weighted by Gasteiger charge is 2.35. The predicted octanol–water partition coefficient (Wildman–Crippen LogP) is 2.00. The van der Waals surface area contributed by atoms with Crippen molar-refractivity contribution >= 4 is 0 Å². The minimum atomic E-state index is 0.853. The van der Waals surface area contributed by atoms with E-state index in [1.807, 2.05) is 6.08 Å². The Morgan fingerprint density at radius 3 is 2.55 bits per heavy atom. The molecular formula is C10H16N. The summed E-state index contributed by atoms with van der Waals surface area (Å²) in [6.07, 6.45) is 9.94. The lowest BCUT2D eigenvalue weighted by Crippen LogP contribution is -2.39. The Balaban J connectivity index is 2.02. The zero-order valence-electron chi connectivity index (χ0n) is 7.00. The molecule has 2 rings (SSSR count). The van der Waals surface area contributed by atoms with Gasteiger partial charge in [0.15, 0.2) is 0 Å². The Bertz CT molecular complexity index is 137. The minimum Gasteiger partial charge on any atom is -0.294 e. The van der Waals surface area contributed by atoms with Gasteiger partial charge in [-0.2, -0.15) is 0 Å². The molecule has 1 heteroatoms. The topological polar surface area (TPSA) is 3.24 Å². The number of piperidine rings is 1. The van der Waals surface area contributed by atoms with Crippen LogP contribution in [0, 0.1) is 6.42 Å². The first-order valence-electron chi connectivity index (χ1n) is 4.60. The quantitative estimate of drug-likeness (QED) is 0.544.